The first-order chi connectivity index (χ1) is 9.00. The molecule has 1 atom stereocenters. The maximum Gasteiger partial charge on any atom is 0.254 e. The van der Waals surface area contributed by atoms with Gasteiger partial charge >= 0.3 is 0 Å². The van der Waals surface area contributed by atoms with E-state index < -0.39 is 0 Å². The summed E-state index contributed by atoms with van der Waals surface area (Å²) in [5, 5.41) is 1.12. The van der Waals surface area contributed by atoms with Crippen LogP contribution in [-0.4, -0.2) is 10.6 Å². The molecule has 1 aromatic heterocycles. The van der Waals surface area contributed by atoms with Gasteiger partial charge in [-0.3, -0.25) is 4.79 Å². The second-order valence-corrected chi connectivity index (χ2v) is 5.51. The summed E-state index contributed by atoms with van der Waals surface area (Å²) in [5.41, 5.74) is 7.78. The van der Waals surface area contributed by atoms with Gasteiger partial charge in [0.2, 0.25) is 0 Å². The minimum atomic E-state index is 0.120. The van der Waals surface area contributed by atoms with Gasteiger partial charge < -0.3 is 10.3 Å². The maximum absolute atomic E-state index is 12.6. The molecule has 0 aliphatic rings. The number of aromatic nitrogens is 1. The van der Waals surface area contributed by atoms with Crippen LogP contribution < -0.4 is 11.3 Å². The molecule has 0 aliphatic heterocycles. The average molecular weight is 258 g/mol. The van der Waals surface area contributed by atoms with E-state index in [9.17, 15) is 4.79 Å². The topological polar surface area (TPSA) is 48.0 Å². The predicted octanol–water partition coefficient (Wildman–Crippen LogP) is 2.86. The van der Waals surface area contributed by atoms with Crippen LogP contribution in [0.2, 0.25) is 0 Å². The Hall–Kier alpha value is -1.61. The summed E-state index contributed by atoms with van der Waals surface area (Å²) in [6.07, 6.45) is 1.58. The number of hydrogen-bond donors (Lipinski definition) is 1. The number of para-hydroxylation sites is 1. The van der Waals surface area contributed by atoms with Crippen LogP contribution in [0, 0.1) is 0 Å². The second-order valence-electron chi connectivity index (χ2n) is 5.51. The predicted molar refractivity (Wildman–Crippen MR) is 80.6 cm³/mol. The lowest BCUT2D eigenvalue weighted by Crippen LogP contribution is -2.27. The summed E-state index contributed by atoms with van der Waals surface area (Å²) in [6.45, 7) is 6.06. The fourth-order valence-electron chi connectivity index (χ4n) is 2.42. The van der Waals surface area contributed by atoms with Gasteiger partial charge in [0.1, 0.15) is 0 Å². The molecule has 1 aromatic carbocycles. The number of rotatable bonds is 4. The van der Waals surface area contributed by atoms with E-state index in [0.29, 0.717) is 0 Å². The molecule has 0 spiro atoms. The molecule has 102 valence electrons. The summed E-state index contributed by atoms with van der Waals surface area (Å²) < 4.78 is 1.88. The fourth-order valence-corrected chi connectivity index (χ4v) is 2.42. The van der Waals surface area contributed by atoms with Crippen molar-refractivity contribution in [2.45, 2.75) is 45.7 Å². The van der Waals surface area contributed by atoms with Crippen LogP contribution in [0.5, 0.6) is 0 Å². The molecule has 1 unspecified atom stereocenters. The number of fused-ring (bicyclic) bond motifs is 1. The molecule has 0 fully saturated rings. The molecule has 2 rings (SSSR count). The van der Waals surface area contributed by atoms with Gasteiger partial charge in [-0.1, -0.05) is 18.2 Å². The van der Waals surface area contributed by atoms with Gasteiger partial charge in [-0.2, -0.15) is 0 Å². The molecule has 0 radical (unpaired) electrons. The third-order valence-electron chi connectivity index (χ3n) is 3.40. The molecule has 0 saturated carbocycles. The Morgan fingerprint density at radius 3 is 2.53 bits per heavy atom. The summed E-state index contributed by atoms with van der Waals surface area (Å²) in [4.78, 5) is 12.6. The minimum absolute atomic E-state index is 0.120. The van der Waals surface area contributed by atoms with Crippen molar-refractivity contribution in [3.8, 4) is 0 Å². The molecule has 3 heteroatoms. The fraction of sp³-hybridized carbons (Fsp3) is 0.438. The van der Waals surface area contributed by atoms with E-state index in [2.05, 4.69) is 6.07 Å². The summed E-state index contributed by atoms with van der Waals surface area (Å²) >= 11 is 0. The SMILES string of the molecule is CC(N)CCc1cc2ccccc2n(C(C)C)c1=O. The zero-order valence-corrected chi connectivity index (χ0v) is 11.9. The Labute approximate surface area is 114 Å². The lowest BCUT2D eigenvalue weighted by molar-refractivity contribution is 0.589. The van der Waals surface area contributed by atoms with Gasteiger partial charge in [-0.25, -0.2) is 0 Å². The van der Waals surface area contributed by atoms with E-state index in [4.69, 9.17) is 5.73 Å². The van der Waals surface area contributed by atoms with Crippen molar-refractivity contribution in [1.29, 1.82) is 0 Å². The van der Waals surface area contributed by atoms with Gasteiger partial charge in [-0.05, 0) is 51.1 Å². The minimum Gasteiger partial charge on any atom is -0.328 e. The smallest absolute Gasteiger partial charge is 0.254 e. The van der Waals surface area contributed by atoms with Gasteiger partial charge in [0, 0.05) is 17.6 Å². The van der Waals surface area contributed by atoms with Crippen LogP contribution in [0.4, 0.5) is 0 Å². The summed E-state index contributed by atoms with van der Waals surface area (Å²) in [7, 11) is 0. The van der Waals surface area contributed by atoms with Crippen molar-refractivity contribution in [3.05, 3.63) is 46.2 Å². The lowest BCUT2D eigenvalue weighted by atomic mass is 10.0. The monoisotopic (exact) mass is 258 g/mol. The maximum atomic E-state index is 12.6. The highest BCUT2D eigenvalue weighted by atomic mass is 16.1. The van der Waals surface area contributed by atoms with Crippen molar-refractivity contribution in [1.82, 2.24) is 4.57 Å². The first-order valence-electron chi connectivity index (χ1n) is 6.89. The number of pyridine rings is 1. The highest BCUT2D eigenvalue weighted by molar-refractivity contribution is 5.79. The summed E-state index contributed by atoms with van der Waals surface area (Å²) in [6, 6.07) is 10.3. The van der Waals surface area contributed by atoms with E-state index in [1.165, 1.54) is 0 Å². The van der Waals surface area contributed by atoms with Crippen LogP contribution in [0.1, 0.15) is 38.8 Å². The van der Waals surface area contributed by atoms with E-state index in [-0.39, 0.29) is 17.6 Å². The Bertz CT molecular complexity index is 626. The molecule has 0 amide bonds. The number of benzene rings is 1. The molecule has 2 aromatic rings. The van der Waals surface area contributed by atoms with Crippen molar-refractivity contribution >= 4 is 10.9 Å². The largest absolute Gasteiger partial charge is 0.328 e. The van der Waals surface area contributed by atoms with Crippen LogP contribution in [0.3, 0.4) is 0 Å². The van der Waals surface area contributed by atoms with Crippen LogP contribution >= 0.6 is 0 Å². The Balaban J connectivity index is 2.60. The molecular weight excluding hydrogens is 236 g/mol. The zero-order valence-electron chi connectivity index (χ0n) is 11.9. The Morgan fingerprint density at radius 1 is 1.21 bits per heavy atom. The molecule has 0 saturated heterocycles. The highest BCUT2D eigenvalue weighted by Crippen LogP contribution is 2.17. The van der Waals surface area contributed by atoms with Gasteiger partial charge in [0.25, 0.3) is 5.56 Å². The number of nitrogens with two attached hydrogens (primary N) is 1. The van der Waals surface area contributed by atoms with Crippen molar-refractivity contribution in [2.75, 3.05) is 0 Å². The van der Waals surface area contributed by atoms with Crippen LogP contribution in [0.25, 0.3) is 10.9 Å². The van der Waals surface area contributed by atoms with Crippen molar-refractivity contribution in [2.24, 2.45) is 5.73 Å². The first kappa shape index (κ1) is 13.8. The third-order valence-corrected chi connectivity index (χ3v) is 3.40. The van der Waals surface area contributed by atoms with E-state index >= 15 is 0 Å². The highest BCUT2D eigenvalue weighted by Gasteiger charge is 2.11. The standard InChI is InChI=1S/C16H22N2O/c1-11(2)18-15-7-5-4-6-13(15)10-14(16(18)19)9-8-12(3)17/h4-7,10-12H,8-9,17H2,1-3H3. The van der Waals surface area contributed by atoms with Crippen molar-refractivity contribution in [3.63, 3.8) is 0 Å². The lowest BCUT2D eigenvalue weighted by Gasteiger charge is -2.16. The van der Waals surface area contributed by atoms with Crippen LogP contribution in [0.15, 0.2) is 35.1 Å². The number of aryl methyl sites for hydroxylation is 1. The average Bonchev–Trinajstić information content (AvgIpc) is 2.35. The molecular formula is C16H22N2O. The Kier molecular flexibility index (Phi) is 4.05. The van der Waals surface area contributed by atoms with Gasteiger partial charge in [-0.15, -0.1) is 0 Å². The Morgan fingerprint density at radius 2 is 1.89 bits per heavy atom. The van der Waals surface area contributed by atoms with Crippen molar-refractivity contribution < 1.29 is 0 Å². The quantitative estimate of drug-likeness (QED) is 0.916. The van der Waals surface area contributed by atoms with Gasteiger partial charge in [0.15, 0.2) is 0 Å². The zero-order chi connectivity index (χ0) is 14.0. The third kappa shape index (κ3) is 2.87. The second kappa shape index (κ2) is 5.57. The molecule has 2 N–H and O–H groups in total. The normalized spacial score (nSPS) is 13.1. The number of nitrogens with zero attached hydrogens (tertiary/aromatic N) is 1. The molecule has 0 aliphatic carbocycles. The summed E-state index contributed by atoms with van der Waals surface area (Å²) in [5.74, 6) is 0. The molecule has 0 bridgehead atoms. The molecule has 19 heavy (non-hydrogen) atoms. The number of hydrogen-bond acceptors (Lipinski definition) is 2. The first-order valence-corrected chi connectivity index (χ1v) is 6.89. The van der Waals surface area contributed by atoms with E-state index in [0.717, 1.165) is 29.3 Å². The van der Waals surface area contributed by atoms with Crippen LogP contribution in [-0.2, 0) is 6.42 Å². The van der Waals surface area contributed by atoms with E-state index in [1.54, 1.807) is 0 Å². The van der Waals surface area contributed by atoms with E-state index in [1.807, 2.05) is 49.6 Å². The molecule has 1 heterocycles. The van der Waals surface area contributed by atoms with Gasteiger partial charge in [0.05, 0.1) is 5.52 Å². The molecule has 3 nitrogen and oxygen atoms in total.